The molecule has 1 saturated carbocycles. The summed E-state index contributed by atoms with van der Waals surface area (Å²) in [6.07, 6.45) is 4.49. The molecule has 0 spiro atoms. The van der Waals surface area contributed by atoms with Gasteiger partial charge in [-0.15, -0.1) is 0 Å². The standard InChI is InChI=1S/C18H25NO4/c1-3-23-15-9-7-14(8-10-15)13-16(20)19-18(17(21)22-2)11-5-4-6-12-18/h7-10H,3-6,11-13H2,1-2H3,(H,19,20). The van der Waals surface area contributed by atoms with Crippen LogP contribution in [0.25, 0.3) is 0 Å². The quantitative estimate of drug-likeness (QED) is 0.819. The monoisotopic (exact) mass is 319 g/mol. The zero-order valence-corrected chi connectivity index (χ0v) is 13.9. The number of methoxy groups -OCH3 is 1. The first kappa shape index (κ1) is 17.3. The van der Waals surface area contributed by atoms with E-state index in [2.05, 4.69) is 5.32 Å². The van der Waals surface area contributed by atoms with E-state index >= 15 is 0 Å². The molecular weight excluding hydrogens is 294 g/mol. The normalized spacial score (nSPS) is 16.4. The van der Waals surface area contributed by atoms with E-state index in [4.69, 9.17) is 9.47 Å². The number of carbonyl (C=O) groups excluding carboxylic acids is 2. The minimum atomic E-state index is -0.852. The summed E-state index contributed by atoms with van der Waals surface area (Å²) in [5.74, 6) is 0.300. The third-order valence-corrected chi connectivity index (χ3v) is 4.26. The summed E-state index contributed by atoms with van der Waals surface area (Å²) in [6, 6.07) is 7.44. The molecule has 1 amide bonds. The summed E-state index contributed by atoms with van der Waals surface area (Å²) >= 11 is 0. The van der Waals surface area contributed by atoms with Gasteiger partial charge in [-0.3, -0.25) is 4.79 Å². The van der Waals surface area contributed by atoms with Crippen LogP contribution in [0.4, 0.5) is 0 Å². The molecule has 0 aromatic heterocycles. The zero-order valence-electron chi connectivity index (χ0n) is 13.9. The van der Waals surface area contributed by atoms with Gasteiger partial charge in [-0.25, -0.2) is 4.79 Å². The maximum absolute atomic E-state index is 12.4. The van der Waals surface area contributed by atoms with E-state index in [1.54, 1.807) is 0 Å². The van der Waals surface area contributed by atoms with Crippen LogP contribution < -0.4 is 10.1 Å². The van der Waals surface area contributed by atoms with Gasteiger partial charge in [-0.1, -0.05) is 31.4 Å². The lowest BCUT2D eigenvalue weighted by Crippen LogP contribution is -2.56. The summed E-state index contributed by atoms with van der Waals surface area (Å²) in [7, 11) is 1.37. The van der Waals surface area contributed by atoms with Crippen molar-refractivity contribution in [2.24, 2.45) is 0 Å². The molecule has 0 unspecified atom stereocenters. The summed E-state index contributed by atoms with van der Waals surface area (Å²) < 4.78 is 10.3. The maximum Gasteiger partial charge on any atom is 0.331 e. The van der Waals surface area contributed by atoms with E-state index in [9.17, 15) is 9.59 Å². The number of ether oxygens (including phenoxy) is 2. The Morgan fingerprint density at radius 2 is 1.78 bits per heavy atom. The molecule has 1 aromatic rings. The molecule has 1 aliphatic carbocycles. The van der Waals surface area contributed by atoms with Gasteiger partial charge in [-0.05, 0) is 37.5 Å². The molecule has 0 bridgehead atoms. The Hall–Kier alpha value is -2.04. The minimum absolute atomic E-state index is 0.151. The van der Waals surface area contributed by atoms with Gasteiger partial charge in [0.05, 0.1) is 20.1 Å². The molecule has 0 radical (unpaired) electrons. The molecule has 0 atom stereocenters. The van der Waals surface area contributed by atoms with Crippen molar-refractivity contribution in [3.8, 4) is 5.75 Å². The van der Waals surface area contributed by atoms with Crippen LogP contribution in [0.2, 0.25) is 0 Å². The number of carbonyl (C=O) groups is 2. The Balaban J connectivity index is 2.00. The first-order valence-corrected chi connectivity index (χ1v) is 8.21. The molecular formula is C18H25NO4. The van der Waals surface area contributed by atoms with Crippen molar-refractivity contribution < 1.29 is 19.1 Å². The largest absolute Gasteiger partial charge is 0.494 e. The van der Waals surface area contributed by atoms with Crippen molar-refractivity contribution in [2.45, 2.75) is 51.0 Å². The van der Waals surface area contributed by atoms with Gasteiger partial charge in [0.1, 0.15) is 11.3 Å². The molecule has 0 aliphatic heterocycles. The summed E-state index contributed by atoms with van der Waals surface area (Å²) in [5.41, 5.74) is 0.0387. The van der Waals surface area contributed by atoms with Gasteiger partial charge in [0, 0.05) is 0 Å². The number of hydrogen-bond acceptors (Lipinski definition) is 4. The third kappa shape index (κ3) is 4.47. The highest BCUT2D eigenvalue weighted by molar-refractivity contribution is 5.89. The molecule has 2 rings (SSSR count). The van der Waals surface area contributed by atoms with Gasteiger partial charge in [0.25, 0.3) is 0 Å². The fourth-order valence-corrected chi connectivity index (χ4v) is 3.10. The highest BCUT2D eigenvalue weighted by atomic mass is 16.5. The molecule has 1 fully saturated rings. The molecule has 1 aliphatic rings. The van der Waals surface area contributed by atoms with Gasteiger partial charge < -0.3 is 14.8 Å². The molecule has 23 heavy (non-hydrogen) atoms. The molecule has 0 heterocycles. The summed E-state index contributed by atoms with van der Waals surface area (Å²) in [5, 5.41) is 2.93. The van der Waals surface area contributed by atoms with Crippen molar-refractivity contribution >= 4 is 11.9 Å². The van der Waals surface area contributed by atoms with Crippen LogP contribution in [0.3, 0.4) is 0 Å². The number of hydrogen-bond donors (Lipinski definition) is 1. The van der Waals surface area contributed by atoms with E-state index in [0.717, 1.165) is 30.6 Å². The second-order valence-corrected chi connectivity index (χ2v) is 5.94. The van der Waals surface area contributed by atoms with Gasteiger partial charge in [0.2, 0.25) is 5.91 Å². The first-order valence-electron chi connectivity index (χ1n) is 8.21. The molecule has 1 aromatic carbocycles. The lowest BCUT2D eigenvalue weighted by molar-refractivity contribution is -0.152. The van der Waals surface area contributed by atoms with Crippen LogP contribution in [0.1, 0.15) is 44.6 Å². The highest BCUT2D eigenvalue weighted by Gasteiger charge is 2.41. The van der Waals surface area contributed by atoms with E-state index in [-0.39, 0.29) is 18.3 Å². The van der Waals surface area contributed by atoms with Crippen LogP contribution in [-0.2, 0) is 20.7 Å². The Morgan fingerprint density at radius 3 is 2.35 bits per heavy atom. The van der Waals surface area contributed by atoms with E-state index < -0.39 is 5.54 Å². The van der Waals surface area contributed by atoms with Crippen LogP contribution in [0.5, 0.6) is 5.75 Å². The fourth-order valence-electron chi connectivity index (χ4n) is 3.10. The lowest BCUT2D eigenvalue weighted by Gasteiger charge is -2.35. The van der Waals surface area contributed by atoms with Gasteiger partial charge >= 0.3 is 5.97 Å². The Morgan fingerprint density at radius 1 is 1.13 bits per heavy atom. The number of rotatable bonds is 6. The number of esters is 1. The predicted molar refractivity (Wildman–Crippen MR) is 87.3 cm³/mol. The van der Waals surface area contributed by atoms with E-state index in [1.807, 2.05) is 31.2 Å². The molecule has 5 heteroatoms. The minimum Gasteiger partial charge on any atom is -0.494 e. The predicted octanol–water partition coefficient (Wildman–Crippen LogP) is 2.62. The average Bonchev–Trinajstić information content (AvgIpc) is 2.57. The summed E-state index contributed by atoms with van der Waals surface area (Å²) in [4.78, 5) is 24.5. The van der Waals surface area contributed by atoms with Crippen LogP contribution in [-0.4, -0.2) is 31.1 Å². The summed E-state index contributed by atoms with van der Waals surface area (Å²) in [6.45, 7) is 2.54. The number of benzene rings is 1. The van der Waals surface area contributed by atoms with Crippen molar-refractivity contribution in [1.82, 2.24) is 5.32 Å². The maximum atomic E-state index is 12.4. The van der Waals surface area contributed by atoms with Crippen molar-refractivity contribution in [3.63, 3.8) is 0 Å². The lowest BCUT2D eigenvalue weighted by atomic mass is 9.81. The van der Waals surface area contributed by atoms with Crippen LogP contribution >= 0.6 is 0 Å². The smallest absolute Gasteiger partial charge is 0.331 e. The molecule has 126 valence electrons. The third-order valence-electron chi connectivity index (χ3n) is 4.26. The molecule has 1 N–H and O–H groups in total. The second-order valence-electron chi connectivity index (χ2n) is 5.94. The Kier molecular flexibility index (Phi) is 6.02. The topological polar surface area (TPSA) is 64.6 Å². The van der Waals surface area contributed by atoms with Gasteiger partial charge in [-0.2, -0.15) is 0 Å². The average molecular weight is 319 g/mol. The zero-order chi connectivity index (χ0) is 16.7. The van der Waals surface area contributed by atoms with Crippen LogP contribution in [0.15, 0.2) is 24.3 Å². The number of nitrogens with one attached hydrogen (secondary N) is 1. The van der Waals surface area contributed by atoms with Crippen molar-refractivity contribution in [2.75, 3.05) is 13.7 Å². The number of amides is 1. The van der Waals surface area contributed by atoms with Crippen molar-refractivity contribution in [1.29, 1.82) is 0 Å². The van der Waals surface area contributed by atoms with E-state index in [1.165, 1.54) is 7.11 Å². The first-order chi connectivity index (χ1) is 11.1. The fraction of sp³-hybridized carbons (Fsp3) is 0.556. The highest BCUT2D eigenvalue weighted by Crippen LogP contribution is 2.29. The van der Waals surface area contributed by atoms with Gasteiger partial charge in [0.15, 0.2) is 0 Å². The van der Waals surface area contributed by atoms with Crippen molar-refractivity contribution in [3.05, 3.63) is 29.8 Å². The molecule has 0 saturated heterocycles. The Labute approximate surface area is 137 Å². The van der Waals surface area contributed by atoms with Crippen LogP contribution in [0, 0.1) is 0 Å². The Bertz CT molecular complexity index is 532. The van der Waals surface area contributed by atoms with E-state index in [0.29, 0.717) is 19.4 Å². The SMILES string of the molecule is CCOc1ccc(CC(=O)NC2(C(=O)OC)CCCCC2)cc1. The molecule has 5 nitrogen and oxygen atoms in total. The second kappa shape index (κ2) is 7.99.